The van der Waals surface area contributed by atoms with Crippen LogP contribution in [0, 0.1) is 0 Å². The van der Waals surface area contributed by atoms with Crippen LogP contribution in [0.25, 0.3) is 0 Å². The second-order valence-electron chi connectivity index (χ2n) is 4.19. The molecule has 0 saturated heterocycles. The molecule has 2 aromatic heterocycles. The van der Waals surface area contributed by atoms with E-state index in [1.54, 1.807) is 18.3 Å². The van der Waals surface area contributed by atoms with Crippen LogP contribution in [0.3, 0.4) is 0 Å². The Bertz CT molecular complexity index is 531. The zero-order valence-corrected chi connectivity index (χ0v) is 12.2. The van der Waals surface area contributed by atoms with Gasteiger partial charge in [0.25, 0.3) is 0 Å². The quantitative estimate of drug-likeness (QED) is 0.786. The monoisotopic (exact) mass is 295 g/mol. The molecule has 0 aromatic carbocycles. The van der Waals surface area contributed by atoms with Crippen molar-refractivity contribution >= 4 is 23.2 Å². The molecule has 0 unspecified atom stereocenters. The van der Waals surface area contributed by atoms with Crippen LogP contribution in [0.2, 0.25) is 10.2 Å². The number of hydrogen-bond acceptors (Lipinski definition) is 3. The number of rotatable bonds is 5. The molecule has 2 aromatic rings. The Morgan fingerprint density at radius 1 is 1.11 bits per heavy atom. The summed E-state index contributed by atoms with van der Waals surface area (Å²) in [6.45, 7) is 4.41. The molecular weight excluding hydrogens is 281 g/mol. The van der Waals surface area contributed by atoms with Gasteiger partial charge in [0.1, 0.15) is 5.15 Å². The molecule has 0 spiro atoms. The average Bonchev–Trinajstić information content (AvgIpc) is 2.43. The van der Waals surface area contributed by atoms with Crippen LogP contribution in [0.4, 0.5) is 0 Å². The van der Waals surface area contributed by atoms with E-state index < -0.39 is 0 Å². The molecule has 0 saturated carbocycles. The molecule has 0 bridgehead atoms. The molecule has 0 aliphatic carbocycles. The highest BCUT2D eigenvalue weighted by atomic mass is 35.5. The molecule has 0 atom stereocenters. The summed E-state index contributed by atoms with van der Waals surface area (Å²) in [4.78, 5) is 10.8. The number of pyridine rings is 2. The van der Waals surface area contributed by atoms with Crippen LogP contribution in [-0.4, -0.2) is 21.4 Å². The van der Waals surface area contributed by atoms with Crippen LogP contribution in [-0.2, 0) is 13.1 Å². The highest BCUT2D eigenvalue weighted by Crippen LogP contribution is 2.19. The molecule has 0 radical (unpaired) electrons. The highest BCUT2D eigenvalue weighted by molar-refractivity contribution is 6.32. The summed E-state index contributed by atoms with van der Waals surface area (Å²) in [5.74, 6) is 0. The van der Waals surface area contributed by atoms with Crippen molar-refractivity contribution in [3.63, 3.8) is 0 Å². The summed E-state index contributed by atoms with van der Waals surface area (Å²) in [5.41, 5.74) is 1.83. The summed E-state index contributed by atoms with van der Waals surface area (Å²) < 4.78 is 0. The van der Waals surface area contributed by atoms with Gasteiger partial charge < -0.3 is 0 Å². The standard InChI is InChI=1S/C14H15Cl2N3/c1-2-19(9-11-5-3-4-8-17-11)10-13-12(15)6-7-14(16)18-13/h3-8H,2,9-10H2,1H3. The van der Waals surface area contributed by atoms with Gasteiger partial charge in [0, 0.05) is 19.3 Å². The van der Waals surface area contributed by atoms with E-state index in [0.717, 1.165) is 24.5 Å². The van der Waals surface area contributed by atoms with Gasteiger partial charge in [0.2, 0.25) is 0 Å². The maximum Gasteiger partial charge on any atom is 0.129 e. The van der Waals surface area contributed by atoms with Crippen molar-refractivity contribution in [1.82, 2.24) is 14.9 Å². The third-order valence-electron chi connectivity index (χ3n) is 2.82. The van der Waals surface area contributed by atoms with E-state index >= 15 is 0 Å². The molecule has 3 nitrogen and oxygen atoms in total. The fraction of sp³-hybridized carbons (Fsp3) is 0.286. The van der Waals surface area contributed by atoms with Crippen molar-refractivity contribution in [3.05, 3.63) is 58.1 Å². The number of halogens is 2. The first-order valence-electron chi connectivity index (χ1n) is 6.12. The number of aromatic nitrogens is 2. The van der Waals surface area contributed by atoms with E-state index in [0.29, 0.717) is 16.7 Å². The molecule has 0 amide bonds. The van der Waals surface area contributed by atoms with Gasteiger partial charge in [0.15, 0.2) is 0 Å². The third kappa shape index (κ3) is 4.16. The summed E-state index contributed by atoms with van der Waals surface area (Å²) >= 11 is 12.0. The number of nitrogens with zero attached hydrogens (tertiary/aromatic N) is 3. The van der Waals surface area contributed by atoms with Crippen LogP contribution in [0.15, 0.2) is 36.5 Å². The first-order chi connectivity index (χ1) is 9.19. The lowest BCUT2D eigenvalue weighted by molar-refractivity contribution is 0.265. The molecule has 0 fully saturated rings. The summed E-state index contributed by atoms with van der Waals surface area (Å²) in [6.07, 6.45) is 1.80. The Labute approximate surface area is 123 Å². The van der Waals surface area contributed by atoms with Gasteiger partial charge in [-0.3, -0.25) is 9.88 Å². The Balaban J connectivity index is 2.09. The van der Waals surface area contributed by atoms with Gasteiger partial charge >= 0.3 is 0 Å². The Morgan fingerprint density at radius 3 is 2.63 bits per heavy atom. The topological polar surface area (TPSA) is 29.0 Å². The lowest BCUT2D eigenvalue weighted by Gasteiger charge is -2.20. The van der Waals surface area contributed by atoms with Crippen LogP contribution >= 0.6 is 23.2 Å². The van der Waals surface area contributed by atoms with Gasteiger partial charge in [-0.2, -0.15) is 0 Å². The predicted octanol–water partition coefficient (Wildman–Crippen LogP) is 3.81. The predicted molar refractivity (Wildman–Crippen MR) is 78.3 cm³/mol. The van der Waals surface area contributed by atoms with Crippen molar-refractivity contribution in [3.8, 4) is 0 Å². The van der Waals surface area contributed by atoms with Crippen LogP contribution in [0.1, 0.15) is 18.3 Å². The van der Waals surface area contributed by atoms with Crippen molar-refractivity contribution in [1.29, 1.82) is 0 Å². The smallest absolute Gasteiger partial charge is 0.129 e. The maximum absolute atomic E-state index is 6.14. The minimum atomic E-state index is 0.466. The van der Waals surface area contributed by atoms with Crippen molar-refractivity contribution in [2.24, 2.45) is 0 Å². The molecule has 0 aliphatic rings. The maximum atomic E-state index is 6.14. The molecular formula is C14H15Cl2N3. The van der Waals surface area contributed by atoms with Crippen LogP contribution < -0.4 is 0 Å². The second kappa shape index (κ2) is 6.85. The van der Waals surface area contributed by atoms with E-state index in [1.165, 1.54) is 0 Å². The average molecular weight is 296 g/mol. The van der Waals surface area contributed by atoms with E-state index in [2.05, 4.69) is 21.8 Å². The molecule has 2 rings (SSSR count). The number of hydrogen-bond donors (Lipinski definition) is 0. The summed E-state index contributed by atoms with van der Waals surface area (Å²) in [6, 6.07) is 9.38. The summed E-state index contributed by atoms with van der Waals surface area (Å²) in [7, 11) is 0. The zero-order chi connectivity index (χ0) is 13.7. The first-order valence-corrected chi connectivity index (χ1v) is 6.88. The van der Waals surface area contributed by atoms with Crippen molar-refractivity contribution in [2.75, 3.05) is 6.54 Å². The lowest BCUT2D eigenvalue weighted by atomic mass is 10.3. The van der Waals surface area contributed by atoms with E-state index in [4.69, 9.17) is 23.2 Å². The third-order valence-corrected chi connectivity index (χ3v) is 3.37. The summed E-state index contributed by atoms with van der Waals surface area (Å²) in [5, 5.41) is 1.11. The normalized spacial score (nSPS) is 10.9. The molecule has 5 heteroatoms. The fourth-order valence-corrected chi connectivity index (χ4v) is 2.11. The molecule has 2 heterocycles. The van der Waals surface area contributed by atoms with Crippen molar-refractivity contribution in [2.45, 2.75) is 20.0 Å². The van der Waals surface area contributed by atoms with Gasteiger partial charge in [-0.25, -0.2) is 4.98 Å². The Kier molecular flexibility index (Phi) is 5.14. The highest BCUT2D eigenvalue weighted by Gasteiger charge is 2.10. The van der Waals surface area contributed by atoms with Gasteiger partial charge in [0.05, 0.1) is 16.4 Å². The second-order valence-corrected chi connectivity index (χ2v) is 4.98. The van der Waals surface area contributed by atoms with Gasteiger partial charge in [-0.1, -0.05) is 36.2 Å². The minimum Gasteiger partial charge on any atom is -0.292 e. The zero-order valence-electron chi connectivity index (χ0n) is 10.7. The van der Waals surface area contributed by atoms with Gasteiger partial charge in [-0.15, -0.1) is 0 Å². The minimum absolute atomic E-state index is 0.466. The Hall–Kier alpha value is -1.16. The van der Waals surface area contributed by atoms with E-state index in [9.17, 15) is 0 Å². The van der Waals surface area contributed by atoms with Gasteiger partial charge in [-0.05, 0) is 30.8 Å². The van der Waals surface area contributed by atoms with E-state index in [1.807, 2.05) is 18.2 Å². The molecule has 19 heavy (non-hydrogen) atoms. The van der Waals surface area contributed by atoms with Crippen LogP contribution in [0.5, 0.6) is 0 Å². The first kappa shape index (κ1) is 14.3. The van der Waals surface area contributed by atoms with Crippen molar-refractivity contribution < 1.29 is 0 Å². The van der Waals surface area contributed by atoms with E-state index in [-0.39, 0.29) is 0 Å². The lowest BCUT2D eigenvalue weighted by Crippen LogP contribution is -2.23. The Morgan fingerprint density at radius 2 is 1.95 bits per heavy atom. The largest absolute Gasteiger partial charge is 0.292 e. The SMILES string of the molecule is CCN(Cc1ccccn1)Cc1nc(Cl)ccc1Cl. The molecule has 100 valence electrons. The molecule has 0 N–H and O–H groups in total. The molecule has 0 aliphatic heterocycles. The fourth-order valence-electron chi connectivity index (χ4n) is 1.78.